The van der Waals surface area contributed by atoms with Gasteiger partial charge in [-0.3, -0.25) is 9.59 Å². The molecule has 1 amide bonds. The van der Waals surface area contributed by atoms with Gasteiger partial charge in [0, 0.05) is 17.0 Å². The van der Waals surface area contributed by atoms with Crippen molar-refractivity contribution in [2.45, 2.75) is 13.0 Å². The van der Waals surface area contributed by atoms with E-state index >= 15 is 0 Å². The van der Waals surface area contributed by atoms with E-state index in [2.05, 4.69) is 10.3 Å². The van der Waals surface area contributed by atoms with Crippen LogP contribution in [0.25, 0.3) is 10.8 Å². The van der Waals surface area contributed by atoms with E-state index in [1.807, 2.05) is 0 Å². The van der Waals surface area contributed by atoms with E-state index < -0.39 is 0 Å². The molecule has 1 heterocycles. The van der Waals surface area contributed by atoms with Crippen molar-refractivity contribution < 1.29 is 13.9 Å². The number of H-pyrrole nitrogens is 1. The highest BCUT2D eigenvalue weighted by Crippen LogP contribution is 2.15. The minimum Gasteiger partial charge on any atom is -0.491 e. The van der Waals surface area contributed by atoms with Gasteiger partial charge in [-0.15, -0.1) is 0 Å². The first kappa shape index (κ1) is 16.7. The number of hydrogen-bond acceptors (Lipinski definition) is 3. The summed E-state index contributed by atoms with van der Waals surface area (Å²) in [6, 6.07) is 12.3. The molecule has 2 N–H and O–H groups in total. The second-order valence-corrected chi connectivity index (χ2v) is 5.72. The number of aromatic nitrogens is 1. The van der Waals surface area contributed by atoms with Crippen molar-refractivity contribution >= 4 is 16.7 Å². The average Bonchev–Trinajstić information content (AvgIpc) is 2.61. The van der Waals surface area contributed by atoms with Gasteiger partial charge >= 0.3 is 0 Å². The number of fused-ring (bicyclic) bond motifs is 1. The van der Waals surface area contributed by atoms with Crippen LogP contribution in [0.15, 0.2) is 59.5 Å². The van der Waals surface area contributed by atoms with Crippen molar-refractivity contribution in [3.8, 4) is 5.75 Å². The molecule has 1 atom stereocenters. The number of amides is 1. The zero-order valence-electron chi connectivity index (χ0n) is 13.6. The Labute approximate surface area is 143 Å². The average molecular weight is 340 g/mol. The monoisotopic (exact) mass is 340 g/mol. The van der Waals surface area contributed by atoms with Crippen LogP contribution >= 0.6 is 0 Å². The quantitative estimate of drug-likeness (QED) is 0.750. The smallest absolute Gasteiger partial charge is 0.255 e. The van der Waals surface area contributed by atoms with Crippen molar-refractivity contribution in [3.05, 3.63) is 76.5 Å². The van der Waals surface area contributed by atoms with Gasteiger partial charge in [0.05, 0.1) is 11.6 Å². The molecule has 6 heteroatoms. The maximum atomic E-state index is 12.9. The fraction of sp³-hybridized carbons (Fsp3) is 0.158. The summed E-state index contributed by atoms with van der Waals surface area (Å²) >= 11 is 0. The molecule has 0 bridgehead atoms. The van der Waals surface area contributed by atoms with Gasteiger partial charge in [-0.05, 0) is 37.3 Å². The summed E-state index contributed by atoms with van der Waals surface area (Å²) in [5.74, 6) is -0.113. The lowest BCUT2D eigenvalue weighted by Crippen LogP contribution is -2.37. The summed E-state index contributed by atoms with van der Waals surface area (Å²) in [6.45, 7) is 2.04. The van der Waals surface area contributed by atoms with Crippen molar-refractivity contribution in [1.82, 2.24) is 10.3 Å². The highest BCUT2D eigenvalue weighted by Gasteiger charge is 2.14. The molecule has 0 aliphatic carbocycles. The fourth-order valence-corrected chi connectivity index (χ4v) is 2.49. The van der Waals surface area contributed by atoms with Gasteiger partial charge in [-0.1, -0.05) is 18.2 Å². The third-order valence-corrected chi connectivity index (χ3v) is 3.75. The molecule has 0 radical (unpaired) electrons. The van der Waals surface area contributed by atoms with Gasteiger partial charge in [-0.2, -0.15) is 0 Å². The molecule has 3 rings (SSSR count). The standard InChI is InChI=1S/C19H17FN2O3/c1-12(11-25-14-8-6-13(20)7-9-14)22-19(24)17-10-21-18(23)16-5-3-2-4-15(16)17/h2-10,12H,11H2,1H3,(H,21,23)(H,22,24)/t12-/m0/s1. The minimum absolute atomic E-state index is 0.235. The lowest BCUT2D eigenvalue weighted by atomic mass is 10.1. The molecular formula is C19H17FN2O3. The summed E-state index contributed by atoms with van der Waals surface area (Å²) in [5, 5.41) is 3.89. The van der Waals surface area contributed by atoms with Gasteiger partial charge in [0.25, 0.3) is 11.5 Å². The number of halogens is 1. The number of aromatic amines is 1. The molecular weight excluding hydrogens is 323 g/mol. The van der Waals surface area contributed by atoms with Gasteiger partial charge in [0.1, 0.15) is 18.2 Å². The Bertz CT molecular complexity index is 951. The van der Waals surface area contributed by atoms with E-state index in [-0.39, 0.29) is 29.9 Å². The van der Waals surface area contributed by atoms with Gasteiger partial charge in [0.2, 0.25) is 0 Å². The molecule has 25 heavy (non-hydrogen) atoms. The Kier molecular flexibility index (Phi) is 4.79. The first-order valence-electron chi connectivity index (χ1n) is 7.84. The van der Waals surface area contributed by atoms with E-state index in [0.29, 0.717) is 22.1 Å². The van der Waals surface area contributed by atoms with Crippen LogP contribution in [0.4, 0.5) is 4.39 Å². The number of pyridine rings is 1. The van der Waals surface area contributed by atoms with E-state index in [1.165, 1.54) is 30.5 Å². The lowest BCUT2D eigenvalue weighted by molar-refractivity contribution is 0.0928. The van der Waals surface area contributed by atoms with Crippen LogP contribution in [-0.4, -0.2) is 23.5 Å². The molecule has 1 aromatic heterocycles. The van der Waals surface area contributed by atoms with Gasteiger partial charge < -0.3 is 15.0 Å². The van der Waals surface area contributed by atoms with Gasteiger partial charge in [-0.25, -0.2) is 4.39 Å². The molecule has 0 saturated heterocycles. The minimum atomic E-state index is -0.335. The van der Waals surface area contributed by atoms with Crippen LogP contribution in [0.1, 0.15) is 17.3 Å². The molecule has 0 fully saturated rings. The van der Waals surface area contributed by atoms with Crippen LogP contribution in [0.3, 0.4) is 0 Å². The maximum absolute atomic E-state index is 12.9. The molecule has 128 valence electrons. The Morgan fingerprint density at radius 2 is 1.84 bits per heavy atom. The highest BCUT2D eigenvalue weighted by molar-refractivity contribution is 6.06. The summed E-state index contributed by atoms with van der Waals surface area (Å²) in [5.41, 5.74) is 0.156. The zero-order valence-corrected chi connectivity index (χ0v) is 13.6. The predicted octanol–water partition coefficient (Wildman–Crippen LogP) is 2.86. The van der Waals surface area contributed by atoms with Crippen molar-refractivity contribution in [2.24, 2.45) is 0 Å². The molecule has 3 aromatic rings. The maximum Gasteiger partial charge on any atom is 0.255 e. The van der Waals surface area contributed by atoms with Gasteiger partial charge in [0.15, 0.2) is 0 Å². The van der Waals surface area contributed by atoms with Crippen LogP contribution in [-0.2, 0) is 0 Å². The summed E-state index contributed by atoms with van der Waals surface area (Å²) in [7, 11) is 0. The van der Waals surface area contributed by atoms with Crippen LogP contribution in [0.5, 0.6) is 5.75 Å². The largest absolute Gasteiger partial charge is 0.491 e. The second-order valence-electron chi connectivity index (χ2n) is 5.72. The number of carbonyl (C=O) groups is 1. The van der Waals surface area contributed by atoms with Crippen molar-refractivity contribution in [2.75, 3.05) is 6.61 Å². The van der Waals surface area contributed by atoms with Crippen LogP contribution in [0, 0.1) is 5.82 Å². The zero-order chi connectivity index (χ0) is 17.8. The third kappa shape index (κ3) is 3.85. The molecule has 0 aliphatic rings. The number of benzene rings is 2. The van der Waals surface area contributed by atoms with Crippen LogP contribution < -0.4 is 15.6 Å². The molecule has 0 spiro atoms. The summed E-state index contributed by atoms with van der Waals surface area (Å²) in [6.07, 6.45) is 1.41. The topological polar surface area (TPSA) is 71.2 Å². The highest BCUT2D eigenvalue weighted by atomic mass is 19.1. The molecule has 0 saturated carbocycles. The first-order chi connectivity index (χ1) is 12.0. The summed E-state index contributed by atoms with van der Waals surface area (Å²) < 4.78 is 18.4. The van der Waals surface area contributed by atoms with E-state index in [1.54, 1.807) is 31.2 Å². The number of rotatable bonds is 5. The number of nitrogens with one attached hydrogen (secondary N) is 2. The number of ether oxygens (including phenoxy) is 1. The lowest BCUT2D eigenvalue weighted by Gasteiger charge is -2.15. The Morgan fingerprint density at radius 1 is 1.16 bits per heavy atom. The SMILES string of the molecule is C[C@@H](COc1ccc(F)cc1)NC(=O)c1c[nH]c(=O)c2ccccc12. The first-order valence-corrected chi connectivity index (χ1v) is 7.84. The molecule has 5 nitrogen and oxygen atoms in total. The molecule has 0 unspecified atom stereocenters. The van der Waals surface area contributed by atoms with E-state index in [0.717, 1.165) is 0 Å². The molecule has 0 aliphatic heterocycles. The third-order valence-electron chi connectivity index (χ3n) is 3.75. The van der Waals surface area contributed by atoms with E-state index in [9.17, 15) is 14.0 Å². The van der Waals surface area contributed by atoms with E-state index in [4.69, 9.17) is 4.74 Å². The van der Waals surface area contributed by atoms with Crippen LogP contribution in [0.2, 0.25) is 0 Å². The second kappa shape index (κ2) is 7.17. The Morgan fingerprint density at radius 3 is 2.56 bits per heavy atom. The predicted molar refractivity (Wildman–Crippen MR) is 93.4 cm³/mol. The molecule has 2 aromatic carbocycles. The number of hydrogen-bond donors (Lipinski definition) is 2. The normalized spacial score (nSPS) is 11.9. The summed E-state index contributed by atoms with van der Waals surface area (Å²) in [4.78, 5) is 26.9. The van der Waals surface area contributed by atoms with Crippen molar-refractivity contribution in [1.29, 1.82) is 0 Å². The van der Waals surface area contributed by atoms with Crippen molar-refractivity contribution in [3.63, 3.8) is 0 Å². The Balaban J connectivity index is 1.69. The Hall–Kier alpha value is -3.15. The fourth-order valence-electron chi connectivity index (χ4n) is 2.49. The number of carbonyl (C=O) groups excluding carboxylic acids is 1.